The number of hydrogen-bond donors (Lipinski definition) is 2. The molecule has 0 radical (unpaired) electrons. The van der Waals surface area contributed by atoms with Gasteiger partial charge in [-0.2, -0.15) is 0 Å². The van der Waals surface area contributed by atoms with Crippen LogP contribution < -0.4 is 10.6 Å². The molecule has 0 atom stereocenters. The first-order chi connectivity index (χ1) is 7.22. The summed E-state index contributed by atoms with van der Waals surface area (Å²) in [4.78, 5) is 19.0. The molecular formula is C9H13ClN4O. The van der Waals surface area contributed by atoms with Crippen LogP contribution in [-0.2, 0) is 4.79 Å². The minimum Gasteiger partial charge on any atom is -0.360 e. The lowest BCUT2D eigenvalue weighted by molar-refractivity contribution is -0.119. The van der Waals surface area contributed by atoms with Crippen molar-refractivity contribution in [3.63, 3.8) is 0 Å². The van der Waals surface area contributed by atoms with Crippen LogP contribution in [0.3, 0.4) is 0 Å². The van der Waals surface area contributed by atoms with Gasteiger partial charge in [0, 0.05) is 6.54 Å². The summed E-state index contributed by atoms with van der Waals surface area (Å²) in [6.45, 7) is 2.85. The monoisotopic (exact) mass is 228 g/mol. The van der Waals surface area contributed by atoms with Crippen LogP contribution >= 0.6 is 11.6 Å². The van der Waals surface area contributed by atoms with Crippen LogP contribution in [0.15, 0.2) is 12.4 Å². The van der Waals surface area contributed by atoms with E-state index in [0.29, 0.717) is 17.5 Å². The number of aromatic nitrogens is 2. The lowest BCUT2D eigenvalue weighted by Crippen LogP contribution is -2.30. The minimum absolute atomic E-state index is 0.0707. The van der Waals surface area contributed by atoms with Gasteiger partial charge in [0.1, 0.15) is 11.0 Å². The van der Waals surface area contributed by atoms with Gasteiger partial charge in [-0.15, -0.1) is 0 Å². The van der Waals surface area contributed by atoms with E-state index in [1.54, 1.807) is 0 Å². The van der Waals surface area contributed by atoms with Gasteiger partial charge in [-0.1, -0.05) is 18.5 Å². The van der Waals surface area contributed by atoms with E-state index in [1.807, 2.05) is 6.92 Å². The van der Waals surface area contributed by atoms with E-state index < -0.39 is 0 Å². The van der Waals surface area contributed by atoms with Gasteiger partial charge in [0.25, 0.3) is 0 Å². The molecule has 0 aliphatic rings. The number of amides is 1. The second-order valence-electron chi connectivity index (χ2n) is 2.93. The molecule has 0 saturated carbocycles. The van der Waals surface area contributed by atoms with E-state index >= 15 is 0 Å². The summed E-state index contributed by atoms with van der Waals surface area (Å²) in [5.74, 6) is 0.424. The molecule has 1 heterocycles. The van der Waals surface area contributed by atoms with Gasteiger partial charge in [0.05, 0.1) is 18.9 Å². The summed E-state index contributed by atoms with van der Waals surface area (Å²) < 4.78 is 0. The van der Waals surface area contributed by atoms with E-state index in [4.69, 9.17) is 11.6 Å². The third kappa shape index (κ3) is 4.60. The van der Waals surface area contributed by atoms with Gasteiger partial charge >= 0.3 is 0 Å². The lowest BCUT2D eigenvalue weighted by Gasteiger charge is -2.05. The van der Waals surface area contributed by atoms with Crippen molar-refractivity contribution >= 4 is 23.3 Å². The topological polar surface area (TPSA) is 66.9 Å². The van der Waals surface area contributed by atoms with Crippen molar-refractivity contribution in [2.75, 3.05) is 18.4 Å². The smallest absolute Gasteiger partial charge is 0.239 e. The van der Waals surface area contributed by atoms with Gasteiger partial charge in [-0.3, -0.25) is 9.78 Å². The van der Waals surface area contributed by atoms with Crippen molar-refractivity contribution in [1.82, 2.24) is 15.3 Å². The average molecular weight is 229 g/mol. The summed E-state index contributed by atoms with van der Waals surface area (Å²) in [6.07, 6.45) is 3.87. The maximum absolute atomic E-state index is 11.2. The molecule has 5 nitrogen and oxygen atoms in total. The Labute approximate surface area is 93.3 Å². The predicted octanol–water partition coefficient (Wildman–Crippen LogP) is 1.07. The van der Waals surface area contributed by atoms with Crippen molar-refractivity contribution in [2.24, 2.45) is 0 Å². The van der Waals surface area contributed by atoms with Crippen LogP contribution in [-0.4, -0.2) is 29.0 Å². The number of carbonyl (C=O) groups is 1. The zero-order valence-electron chi connectivity index (χ0n) is 8.46. The summed E-state index contributed by atoms with van der Waals surface area (Å²) in [6, 6.07) is 0. The van der Waals surface area contributed by atoms with Crippen molar-refractivity contribution in [3.8, 4) is 0 Å². The molecular weight excluding hydrogens is 216 g/mol. The van der Waals surface area contributed by atoms with E-state index in [-0.39, 0.29) is 12.5 Å². The molecule has 0 saturated heterocycles. The lowest BCUT2D eigenvalue weighted by atomic mass is 10.4. The van der Waals surface area contributed by atoms with Gasteiger partial charge in [-0.25, -0.2) is 4.98 Å². The molecule has 0 spiro atoms. The Kier molecular flexibility index (Phi) is 4.83. The van der Waals surface area contributed by atoms with Crippen LogP contribution in [0.25, 0.3) is 0 Å². The number of hydrogen-bond acceptors (Lipinski definition) is 4. The van der Waals surface area contributed by atoms with Crippen LogP contribution in [0, 0.1) is 0 Å². The fraction of sp³-hybridized carbons (Fsp3) is 0.444. The summed E-state index contributed by atoms with van der Waals surface area (Å²) >= 11 is 5.63. The molecule has 0 fully saturated rings. The molecule has 0 unspecified atom stereocenters. The Bertz CT molecular complexity index is 332. The molecule has 1 amide bonds. The number of carbonyl (C=O) groups excluding carboxylic acids is 1. The first-order valence-corrected chi connectivity index (χ1v) is 5.08. The molecule has 15 heavy (non-hydrogen) atoms. The van der Waals surface area contributed by atoms with Crippen molar-refractivity contribution < 1.29 is 4.79 Å². The standard InChI is InChI=1S/C9H13ClN4O/c1-2-3-12-9(15)6-13-8-5-11-4-7(10)14-8/h4-5H,2-3,6H2,1H3,(H,12,15)(H,13,14). The molecule has 1 aromatic rings. The Morgan fingerprint density at radius 3 is 3.00 bits per heavy atom. The van der Waals surface area contributed by atoms with Gasteiger partial charge in [0.2, 0.25) is 5.91 Å². The first kappa shape index (κ1) is 11.7. The van der Waals surface area contributed by atoms with Crippen molar-refractivity contribution in [1.29, 1.82) is 0 Å². The van der Waals surface area contributed by atoms with E-state index in [2.05, 4.69) is 20.6 Å². The number of nitrogens with one attached hydrogen (secondary N) is 2. The minimum atomic E-state index is -0.0707. The molecule has 6 heteroatoms. The molecule has 2 N–H and O–H groups in total. The van der Waals surface area contributed by atoms with Crippen LogP contribution in [0.4, 0.5) is 5.82 Å². The van der Waals surface area contributed by atoms with Gasteiger partial charge in [0.15, 0.2) is 0 Å². The second kappa shape index (κ2) is 6.19. The molecule has 0 bridgehead atoms. The largest absolute Gasteiger partial charge is 0.360 e. The van der Waals surface area contributed by atoms with Crippen LogP contribution in [0.2, 0.25) is 5.15 Å². The SMILES string of the molecule is CCCNC(=O)CNc1cncc(Cl)n1. The third-order valence-electron chi connectivity index (χ3n) is 1.61. The van der Waals surface area contributed by atoms with Crippen molar-refractivity contribution in [3.05, 3.63) is 17.5 Å². The summed E-state index contributed by atoms with van der Waals surface area (Å²) in [5, 5.41) is 5.86. The Hall–Kier alpha value is -1.36. The van der Waals surface area contributed by atoms with Crippen molar-refractivity contribution in [2.45, 2.75) is 13.3 Å². The fourth-order valence-electron chi connectivity index (χ4n) is 0.925. The number of anilines is 1. The Morgan fingerprint density at radius 2 is 2.33 bits per heavy atom. The zero-order valence-corrected chi connectivity index (χ0v) is 9.21. The van der Waals surface area contributed by atoms with Gasteiger partial charge in [-0.05, 0) is 6.42 Å². The number of nitrogens with zero attached hydrogens (tertiary/aromatic N) is 2. The van der Waals surface area contributed by atoms with E-state index in [0.717, 1.165) is 6.42 Å². The maximum atomic E-state index is 11.2. The molecule has 0 aliphatic carbocycles. The molecule has 0 aliphatic heterocycles. The Balaban J connectivity index is 2.33. The quantitative estimate of drug-likeness (QED) is 0.791. The maximum Gasteiger partial charge on any atom is 0.239 e. The summed E-state index contributed by atoms with van der Waals surface area (Å²) in [5.41, 5.74) is 0. The molecule has 1 aromatic heterocycles. The zero-order chi connectivity index (χ0) is 11.1. The fourth-order valence-corrected chi connectivity index (χ4v) is 1.07. The predicted molar refractivity (Wildman–Crippen MR) is 58.8 cm³/mol. The van der Waals surface area contributed by atoms with E-state index in [9.17, 15) is 4.79 Å². The van der Waals surface area contributed by atoms with Gasteiger partial charge < -0.3 is 10.6 Å². The normalized spacial score (nSPS) is 9.73. The number of halogens is 1. The average Bonchev–Trinajstić information content (AvgIpc) is 2.23. The highest BCUT2D eigenvalue weighted by Gasteiger charge is 2.00. The Morgan fingerprint density at radius 1 is 1.53 bits per heavy atom. The highest BCUT2D eigenvalue weighted by atomic mass is 35.5. The molecule has 82 valence electrons. The molecule has 0 aromatic carbocycles. The van der Waals surface area contributed by atoms with Crippen LogP contribution in [0.1, 0.15) is 13.3 Å². The van der Waals surface area contributed by atoms with Crippen LogP contribution in [0.5, 0.6) is 0 Å². The number of rotatable bonds is 5. The first-order valence-electron chi connectivity index (χ1n) is 4.70. The molecule has 1 rings (SSSR count). The highest BCUT2D eigenvalue weighted by molar-refractivity contribution is 6.29. The summed E-state index contributed by atoms with van der Waals surface area (Å²) in [7, 11) is 0. The highest BCUT2D eigenvalue weighted by Crippen LogP contribution is 2.05. The third-order valence-corrected chi connectivity index (χ3v) is 1.79. The second-order valence-corrected chi connectivity index (χ2v) is 3.32. The van der Waals surface area contributed by atoms with E-state index in [1.165, 1.54) is 12.4 Å².